The summed E-state index contributed by atoms with van der Waals surface area (Å²) in [6, 6.07) is 15.3. The van der Waals surface area contributed by atoms with Crippen LogP contribution in [0.3, 0.4) is 0 Å². The Morgan fingerprint density at radius 3 is 2.07 bits per heavy atom. The molecule has 2 aromatic carbocycles. The number of hydrogen-bond donors (Lipinski definition) is 1. The Labute approximate surface area is 169 Å². The summed E-state index contributed by atoms with van der Waals surface area (Å²) in [5.41, 5.74) is 2.40. The number of hydrogen-bond acceptors (Lipinski definition) is 2. The first kappa shape index (κ1) is 22.0. The lowest BCUT2D eigenvalue weighted by Crippen LogP contribution is -2.05. The van der Waals surface area contributed by atoms with Gasteiger partial charge in [0.05, 0.1) is 12.2 Å². The van der Waals surface area contributed by atoms with E-state index in [9.17, 15) is 9.90 Å². The van der Waals surface area contributed by atoms with Crippen LogP contribution in [0.1, 0.15) is 79.8 Å². The monoisotopic (exact) mass is 382 g/mol. The van der Waals surface area contributed by atoms with E-state index in [1.54, 1.807) is 12.1 Å². The number of carboxylic acids is 1. The molecule has 0 radical (unpaired) electrons. The maximum absolute atomic E-state index is 11.4. The molecule has 0 atom stereocenters. The highest BCUT2D eigenvalue weighted by Crippen LogP contribution is 2.22. The lowest BCUT2D eigenvalue weighted by molar-refractivity contribution is 0.0695. The summed E-state index contributed by atoms with van der Waals surface area (Å²) in [7, 11) is 0. The highest BCUT2D eigenvalue weighted by molar-refractivity contribution is 5.89. The van der Waals surface area contributed by atoms with Crippen LogP contribution < -0.4 is 4.74 Å². The molecular formula is C25H34O3. The van der Waals surface area contributed by atoms with Gasteiger partial charge in [0.1, 0.15) is 5.75 Å². The van der Waals surface area contributed by atoms with Crippen molar-refractivity contribution in [1.29, 1.82) is 0 Å². The summed E-state index contributed by atoms with van der Waals surface area (Å²) >= 11 is 0. The molecule has 152 valence electrons. The summed E-state index contributed by atoms with van der Waals surface area (Å²) in [4.78, 5) is 11.4. The van der Waals surface area contributed by atoms with Crippen LogP contribution in [-0.2, 0) is 12.8 Å². The van der Waals surface area contributed by atoms with Gasteiger partial charge in [-0.1, -0.05) is 88.3 Å². The maximum Gasteiger partial charge on any atom is 0.335 e. The van der Waals surface area contributed by atoms with E-state index in [2.05, 4.69) is 13.0 Å². The predicted octanol–water partition coefficient (Wildman–Crippen LogP) is 6.69. The Morgan fingerprint density at radius 1 is 0.786 bits per heavy atom. The SMILES string of the molecule is CCCCCCCCCCOc1ccccc1CCc1ccccc1C(=O)O. The van der Waals surface area contributed by atoms with Gasteiger partial charge in [0.15, 0.2) is 0 Å². The van der Waals surface area contributed by atoms with E-state index in [0.29, 0.717) is 12.0 Å². The first-order valence-corrected chi connectivity index (χ1v) is 10.7. The summed E-state index contributed by atoms with van der Waals surface area (Å²) in [5.74, 6) is 0.0630. The van der Waals surface area contributed by atoms with Crippen LogP contribution in [0.4, 0.5) is 0 Å². The predicted molar refractivity (Wildman–Crippen MR) is 115 cm³/mol. The summed E-state index contributed by atoms with van der Waals surface area (Å²) in [6.07, 6.45) is 11.8. The summed E-state index contributed by atoms with van der Waals surface area (Å²) < 4.78 is 6.03. The number of carboxylic acid groups (broad SMARTS) is 1. The zero-order chi connectivity index (χ0) is 20.0. The molecule has 0 amide bonds. The smallest absolute Gasteiger partial charge is 0.335 e. The third-order valence-corrected chi connectivity index (χ3v) is 5.14. The van der Waals surface area contributed by atoms with Crippen LogP contribution in [0.5, 0.6) is 5.75 Å². The van der Waals surface area contributed by atoms with Crippen molar-refractivity contribution in [3.63, 3.8) is 0 Å². The molecule has 0 aliphatic heterocycles. The van der Waals surface area contributed by atoms with Gasteiger partial charge in [0.25, 0.3) is 0 Å². The lowest BCUT2D eigenvalue weighted by Gasteiger charge is -2.12. The van der Waals surface area contributed by atoms with E-state index >= 15 is 0 Å². The Morgan fingerprint density at radius 2 is 1.36 bits per heavy atom. The fourth-order valence-electron chi connectivity index (χ4n) is 3.49. The minimum absolute atomic E-state index is 0.389. The Bertz CT molecular complexity index is 708. The van der Waals surface area contributed by atoms with E-state index in [1.807, 2.05) is 30.3 Å². The zero-order valence-electron chi connectivity index (χ0n) is 17.2. The number of carbonyl (C=O) groups is 1. The largest absolute Gasteiger partial charge is 0.493 e. The quantitative estimate of drug-likeness (QED) is 0.370. The first-order chi connectivity index (χ1) is 13.7. The molecule has 28 heavy (non-hydrogen) atoms. The number of aryl methyl sites for hydroxylation is 2. The van der Waals surface area contributed by atoms with Crippen molar-refractivity contribution in [2.75, 3.05) is 6.61 Å². The van der Waals surface area contributed by atoms with Gasteiger partial charge in [0, 0.05) is 0 Å². The third kappa shape index (κ3) is 7.75. The highest BCUT2D eigenvalue weighted by Gasteiger charge is 2.10. The van der Waals surface area contributed by atoms with Crippen LogP contribution in [0.15, 0.2) is 48.5 Å². The first-order valence-electron chi connectivity index (χ1n) is 10.7. The number of ether oxygens (including phenoxy) is 1. The van der Waals surface area contributed by atoms with Crippen LogP contribution in [0.25, 0.3) is 0 Å². The summed E-state index contributed by atoms with van der Waals surface area (Å²) in [5, 5.41) is 9.34. The molecule has 0 bridgehead atoms. The summed E-state index contributed by atoms with van der Waals surface area (Å²) in [6.45, 7) is 3.00. The molecule has 0 aliphatic carbocycles. The Balaban J connectivity index is 1.76. The van der Waals surface area contributed by atoms with E-state index in [1.165, 1.54) is 44.9 Å². The average molecular weight is 383 g/mol. The van der Waals surface area contributed by atoms with Crippen molar-refractivity contribution in [3.05, 3.63) is 65.2 Å². The van der Waals surface area contributed by atoms with Gasteiger partial charge in [0.2, 0.25) is 0 Å². The molecule has 0 saturated heterocycles. The highest BCUT2D eigenvalue weighted by atomic mass is 16.5. The number of benzene rings is 2. The van der Waals surface area contributed by atoms with Crippen molar-refractivity contribution < 1.29 is 14.6 Å². The second kappa shape index (κ2) is 13.0. The molecule has 0 spiro atoms. The van der Waals surface area contributed by atoms with Gasteiger partial charge in [-0.25, -0.2) is 4.79 Å². The minimum Gasteiger partial charge on any atom is -0.493 e. The molecule has 0 aliphatic rings. The van der Waals surface area contributed by atoms with Crippen molar-refractivity contribution in [1.82, 2.24) is 0 Å². The topological polar surface area (TPSA) is 46.5 Å². The molecule has 3 nitrogen and oxygen atoms in total. The number of aromatic carboxylic acids is 1. The molecule has 0 fully saturated rings. The van der Waals surface area contributed by atoms with E-state index in [-0.39, 0.29) is 0 Å². The Kier molecular flexibility index (Phi) is 10.2. The number of unbranched alkanes of at least 4 members (excludes halogenated alkanes) is 7. The zero-order valence-corrected chi connectivity index (χ0v) is 17.2. The second-order valence-electron chi connectivity index (χ2n) is 7.39. The molecule has 0 saturated carbocycles. The molecule has 0 aromatic heterocycles. The van der Waals surface area contributed by atoms with Gasteiger partial charge in [-0.2, -0.15) is 0 Å². The van der Waals surface area contributed by atoms with Crippen LogP contribution in [0, 0.1) is 0 Å². The fraction of sp³-hybridized carbons (Fsp3) is 0.480. The van der Waals surface area contributed by atoms with Crippen molar-refractivity contribution in [2.45, 2.75) is 71.1 Å². The van der Waals surface area contributed by atoms with Gasteiger partial charge >= 0.3 is 5.97 Å². The van der Waals surface area contributed by atoms with Crippen molar-refractivity contribution >= 4 is 5.97 Å². The van der Waals surface area contributed by atoms with Gasteiger partial charge in [-0.05, 0) is 42.5 Å². The van der Waals surface area contributed by atoms with Crippen molar-refractivity contribution in [2.24, 2.45) is 0 Å². The molecule has 2 aromatic rings. The van der Waals surface area contributed by atoms with E-state index < -0.39 is 5.97 Å². The minimum atomic E-state index is -0.866. The second-order valence-corrected chi connectivity index (χ2v) is 7.39. The van der Waals surface area contributed by atoms with Gasteiger partial charge in [-0.3, -0.25) is 0 Å². The van der Waals surface area contributed by atoms with Gasteiger partial charge < -0.3 is 9.84 Å². The van der Waals surface area contributed by atoms with Crippen molar-refractivity contribution in [3.8, 4) is 5.75 Å². The Hall–Kier alpha value is -2.29. The number of rotatable bonds is 14. The van der Waals surface area contributed by atoms with E-state index in [0.717, 1.165) is 36.3 Å². The van der Waals surface area contributed by atoms with Crippen LogP contribution >= 0.6 is 0 Å². The molecule has 3 heteroatoms. The lowest BCUT2D eigenvalue weighted by atomic mass is 9.99. The molecule has 0 unspecified atom stereocenters. The molecule has 2 rings (SSSR count). The molecule has 0 heterocycles. The standard InChI is InChI=1S/C25H34O3/c1-2-3-4-5-6-7-8-13-20-28-24-17-12-10-15-22(24)19-18-21-14-9-11-16-23(21)25(26)27/h9-12,14-17H,2-8,13,18-20H2,1H3,(H,26,27). The molecule has 1 N–H and O–H groups in total. The van der Waals surface area contributed by atoms with Gasteiger partial charge in [-0.15, -0.1) is 0 Å². The number of para-hydroxylation sites is 1. The molecular weight excluding hydrogens is 348 g/mol. The van der Waals surface area contributed by atoms with Crippen LogP contribution in [-0.4, -0.2) is 17.7 Å². The van der Waals surface area contributed by atoms with E-state index in [4.69, 9.17) is 4.74 Å². The van der Waals surface area contributed by atoms with Crippen LogP contribution in [0.2, 0.25) is 0 Å². The maximum atomic E-state index is 11.4. The average Bonchev–Trinajstić information content (AvgIpc) is 2.72. The third-order valence-electron chi connectivity index (χ3n) is 5.14. The fourth-order valence-corrected chi connectivity index (χ4v) is 3.49. The normalized spacial score (nSPS) is 10.8.